The molecule has 0 unspecified atom stereocenters. The molecule has 0 saturated heterocycles. The van der Waals surface area contributed by atoms with Crippen molar-refractivity contribution in [2.75, 3.05) is 24.6 Å². The Morgan fingerprint density at radius 1 is 1.26 bits per heavy atom. The summed E-state index contributed by atoms with van der Waals surface area (Å²) in [5.74, 6) is 1.51. The molecule has 9 heteroatoms. The van der Waals surface area contributed by atoms with Crippen LogP contribution in [0.2, 0.25) is 0 Å². The van der Waals surface area contributed by atoms with Crippen molar-refractivity contribution in [2.24, 2.45) is 4.99 Å². The van der Waals surface area contributed by atoms with Gasteiger partial charge in [0.15, 0.2) is 27.3 Å². The topological polar surface area (TPSA) is 101 Å². The van der Waals surface area contributed by atoms with Crippen LogP contribution in [-0.2, 0) is 16.4 Å². The number of rotatable bonds is 7. The van der Waals surface area contributed by atoms with Crippen molar-refractivity contribution in [1.82, 2.24) is 25.2 Å². The van der Waals surface area contributed by atoms with E-state index < -0.39 is 9.84 Å². The van der Waals surface area contributed by atoms with E-state index in [1.165, 1.54) is 0 Å². The molecule has 126 valence electrons. The third-order valence-corrected chi connectivity index (χ3v) is 4.96. The fourth-order valence-corrected chi connectivity index (χ4v) is 2.66. The summed E-state index contributed by atoms with van der Waals surface area (Å²) in [5, 5.41) is 14.3. The molecule has 2 N–H and O–H groups in total. The number of sulfone groups is 1. The lowest BCUT2D eigenvalue weighted by Crippen LogP contribution is -2.39. The highest BCUT2D eigenvalue weighted by atomic mass is 32.2. The lowest BCUT2D eigenvalue weighted by atomic mass is 10.4. The maximum absolute atomic E-state index is 11.5. The molecule has 0 bridgehead atoms. The number of aliphatic imine (C=N–C) groups is 1. The molecule has 0 fully saturated rings. The van der Waals surface area contributed by atoms with Gasteiger partial charge in [0.05, 0.1) is 5.75 Å². The van der Waals surface area contributed by atoms with Crippen molar-refractivity contribution < 1.29 is 8.42 Å². The van der Waals surface area contributed by atoms with Crippen molar-refractivity contribution in [3.8, 4) is 0 Å². The molecule has 0 atom stereocenters. The summed E-state index contributed by atoms with van der Waals surface area (Å²) in [4.78, 5) is 4.43. The minimum Gasteiger partial charge on any atom is -0.357 e. The maximum Gasteiger partial charge on any atom is 0.191 e. The Morgan fingerprint density at radius 2 is 2.09 bits per heavy atom. The summed E-state index contributed by atoms with van der Waals surface area (Å²) >= 11 is 0. The Hall–Kier alpha value is -2.16. The van der Waals surface area contributed by atoms with Gasteiger partial charge in [-0.2, -0.15) is 0 Å². The van der Waals surface area contributed by atoms with Crippen LogP contribution in [0, 0.1) is 0 Å². The van der Waals surface area contributed by atoms with E-state index in [0.717, 1.165) is 11.5 Å². The van der Waals surface area contributed by atoms with Gasteiger partial charge >= 0.3 is 0 Å². The molecule has 0 aromatic carbocycles. The summed E-state index contributed by atoms with van der Waals surface area (Å²) in [6.07, 6.45) is 1.88. The van der Waals surface area contributed by atoms with Crippen molar-refractivity contribution in [3.63, 3.8) is 0 Å². The summed E-state index contributed by atoms with van der Waals surface area (Å²) in [7, 11) is -2.99. The van der Waals surface area contributed by atoms with Gasteiger partial charge in [0.25, 0.3) is 0 Å². The van der Waals surface area contributed by atoms with Gasteiger partial charge in [-0.1, -0.05) is 13.0 Å². The van der Waals surface area contributed by atoms with Gasteiger partial charge in [0.1, 0.15) is 6.54 Å². The Balaban J connectivity index is 2.01. The first kappa shape index (κ1) is 17.2. The van der Waals surface area contributed by atoms with Crippen molar-refractivity contribution in [1.29, 1.82) is 0 Å². The minimum absolute atomic E-state index is 0.0851. The van der Waals surface area contributed by atoms with Crippen molar-refractivity contribution >= 4 is 21.4 Å². The third-order valence-electron chi connectivity index (χ3n) is 3.25. The number of aromatic nitrogens is 3. The number of fused-ring (bicyclic) bond motifs is 1. The van der Waals surface area contributed by atoms with E-state index in [9.17, 15) is 8.42 Å². The lowest BCUT2D eigenvalue weighted by molar-refractivity contribution is 0.595. The highest BCUT2D eigenvalue weighted by Crippen LogP contribution is 2.03. The smallest absolute Gasteiger partial charge is 0.191 e. The fourth-order valence-electron chi connectivity index (χ4n) is 1.96. The maximum atomic E-state index is 11.5. The first-order chi connectivity index (χ1) is 11.1. The molecule has 0 aliphatic heterocycles. The Labute approximate surface area is 135 Å². The second-order valence-corrected chi connectivity index (χ2v) is 7.38. The van der Waals surface area contributed by atoms with Gasteiger partial charge in [-0.3, -0.25) is 4.40 Å². The second-order valence-electron chi connectivity index (χ2n) is 4.90. The van der Waals surface area contributed by atoms with Crippen molar-refractivity contribution in [2.45, 2.75) is 20.4 Å². The summed E-state index contributed by atoms with van der Waals surface area (Å²) < 4.78 is 24.9. The fraction of sp³-hybridized carbons (Fsp3) is 0.500. The van der Waals surface area contributed by atoms with Gasteiger partial charge in [0, 0.05) is 25.0 Å². The van der Waals surface area contributed by atoms with E-state index in [1.54, 1.807) is 6.92 Å². The van der Waals surface area contributed by atoms with Gasteiger partial charge in [-0.15, -0.1) is 10.2 Å². The zero-order chi connectivity index (χ0) is 16.7. The molecule has 0 aliphatic rings. The molecule has 23 heavy (non-hydrogen) atoms. The van der Waals surface area contributed by atoms with Crippen LogP contribution in [-0.4, -0.2) is 53.6 Å². The standard InChI is InChI=1S/C14H22N6O2S/c1-3-15-14(16-8-10-23(21,22)4-2)17-11-13-19-18-12-7-5-6-9-20(12)13/h5-7,9H,3-4,8,10-11H2,1-2H3,(H2,15,16,17). The van der Waals surface area contributed by atoms with Gasteiger partial charge in [-0.05, 0) is 19.1 Å². The SMILES string of the molecule is CCNC(=NCc1nnc2ccccn12)NCCS(=O)(=O)CC. The van der Waals surface area contributed by atoms with E-state index in [0.29, 0.717) is 25.6 Å². The molecule has 2 aromatic heterocycles. The zero-order valence-electron chi connectivity index (χ0n) is 13.4. The number of pyridine rings is 1. The summed E-state index contributed by atoms with van der Waals surface area (Å²) in [6, 6.07) is 5.68. The van der Waals surface area contributed by atoms with Crippen LogP contribution in [0.1, 0.15) is 19.7 Å². The molecule has 0 aliphatic carbocycles. The van der Waals surface area contributed by atoms with E-state index in [1.807, 2.05) is 35.7 Å². The quantitative estimate of drug-likeness (QED) is 0.553. The highest BCUT2D eigenvalue weighted by Gasteiger charge is 2.08. The van der Waals surface area contributed by atoms with Gasteiger partial charge in [-0.25, -0.2) is 13.4 Å². The van der Waals surface area contributed by atoms with Gasteiger partial charge in [0.2, 0.25) is 0 Å². The Bertz CT molecular complexity index is 768. The molecule has 0 saturated carbocycles. The van der Waals surface area contributed by atoms with Crippen LogP contribution in [0.25, 0.3) is 5.65 Å². The molecule has 8 nitrogen and oxygen atoms in total. The molecular formula is C14H22N6O2S. The summed E-state index contributed by atoms with van der Waals surface area (Å²) in [5.41, 5.74) is 0.768. The van der Waals surface area contributed by atoms with Crippen LogP contribution in [0.3, 0.4) is 0 Å². The molecule has 0 amide bonds. The molecule has 2 rings (SSSR count). The Kier molecular flexibility index (Phi) is 5.91. The van der Waals surface area contributed by atoms with Crippen LogP contribution >= 0.6 is 0 Å². The predicted octanol–water partition coefficient (Wildman–Crippen LogP) is 0.219. The van der Waals surface area contributed by atoms with E-state index in [4.69, 9.17) is 0 Å². The monoisotopic (exact) mass is 338 g/mol. The van der Waals surface area contributed by atoms with Crippen molar-refractivity contribution in [3.05, 3.63) is 30.2 Å². The molecular weight excluding hydrogens is 316 g/mol. The highest BCUT2D eigenvalue weighted by molar-refractivity contribution is 7.91. The number of hydrogen-bond donors (Lipinski definition) is 2. The number of nitrogens with one attached hydrogen (secondary N) is 2. The average Bonchev–Trinajstić information content (AvgIpc) is 2.96. The Morgan fingerprint density at radius 3 is 2.83 bits per heavy atom. The minimum atomic E-state index is -2.99. The average molecular weight is 338 g/mol. The van der Waals surface area contributed by atoms with E-state index in [-0.39, 0.29) is 11.5 Å². The van der Waals surface area contributed by atoms with Crippen LogP contribution in [0.4, 0.5) is 0 Å². The third kappa shape index (κ3) is 4.92. The summed E-state index contributed by atoms with van der Waals surface area (Å²) in [6.45, 7) is 4.95. The number of hydrogen-bond acceptors (Lipinski definition) is 5. The molecule has 2 aromatic rings. The first-order valence-corrected chi connectivity index (χ1v) is 9.39. The first-order valence-electron chi connectivity index (χ1n) is 7.57. The second kappa shape index (κ2) is 7.91. The number of nitrogens with zero attached hydrogens (tertiary/aromatic N) is 4. The lowest BCUT2D eigenvalue weighted by Gasteiger charge is -2.10. The van der Waals surface area contributed by atoms with E-state index >= 15 is 0 Å². The largest absolute Gasteiger partial charge is 0.357 e. The molecule has 0 spiro atoms. The number of guanidine groups is 1. The van der Waals surface area contributed by atoms with E-state index in [2.05, 4.69) is 25.8 Å². The van der Waals surface area contributed by atoms with Crippen LogP contribution in [0.5, 0.6) is 0 Å². The molecule has 2 heterocycles. The van der Waals surface area contributed by atoms with Gasteiger partial charge < -0.3 is 10.6 Å². The predicted molar refractivity (Wildman–Crippen MR) is 90.1 cm³/mol. The van der Waals surface area contributed by atoms with Crippen LogP contribution < -0.4 is 10.6 Å². The zero-order valence-corrected chi connectivity index (χ0v) is 14.2. The van der Waals surface area contributed by atoms with Crippen LogP contribution in [0.15, 0.2) is 29.4 Å². The normalized spacial score (nSPS) is 12.5. The molecule has 0 radical (unpaired) electrons.